The van der Waals surface area contributed by atoms with E-state index >= 15 is 0 Å². The van der Waals surface area contributed by atoms with E-state index in [4.69, 9.17) is 10.5 Å². The molecule has 2 aromatic heterocycles. The third-order valence-electron chi connectivity index (χ3n) is 4.22. The first kappa shape index (κ1) is 19.2. The minimum atomic E-state index is 0.406. The fourth-order valence-electron chi connectivity index (χ4n) is 2.92. The van der Waals surface area contributed by atoms with E-state index in [1.165, 1.54) is 0 Å². The summed E-state index contributed by atoms with van der Waals surface area (Å²) in [6.07, 6.45) is 3.91. The van der Waals surface area contributed by atoms with Crippen molar-refractivity contribution >= 4 is 53.7 Å². The van der Waals surface area contributed by atoms with Crippen molar-refractivity contribution in [1.82, 2.24) is 9.55 Å². The summed E-state index contributed by atoms with van der Waals surface area (Å²) in [5, 5.41) is 19.8. The lowest BCUT2D eigenvalue weighted by atomic mass is 10.2. The SMILES string of the molecule is CC(C)n1ccc2c(Br)cc(C#N)cc21.N#Cc1cc(Br)c2cc[nH]c2c1. The van der Waals surface area contributed by atoms with E-state index in [0.717, 1.165) is 30.8 Å². The number of nitrogens with one attached hydrogen (secondary N) is 1. The second kappa shape index (κ2) is 8.00. The maximum atomic E-state index is 8.91. The normalized spacial score (nSPS) is 10.5. The molecule has 0 bridgehead atoms. The molecule has 1 N–H and O–H groups in total. The van der Waals surface area contributed by atoms with Crippen LogP contribution in [0.15, 0.2) is 57.7 Å². The van der Waals surface area contributed by atoms with Gasteiger partial charge in [0.25, 0.3) is 0 Å². The van der Waals surface area contributed by atoms with Crippen LogP contribution >= 0.6 is 31.9 Å². The van der Waals surface area contributed by atoms with Gasteiger partial charge in [-0.2, -0.15) is 10.5 Å². The van der Waals surface area contributed by atoms with Crippen molar-refractivity contribution in [3.05, 3.63) is 68.9 Å². The quantitative estimate of drug-likeness (QED) is 0.329. The van der Waals surface area contributed by atoms with Crippen LogP contribution in [0.3, 0.4) is 0 Å². The zero-order chi connectivity index (χ0) is 19.6. The first-order chi connectivity index (χ1) is 12.9. The van der Waals surface area contributed by atoms with Crippen LogP contribution in [-0.2, 0) is 0 Å². The first-order valence-corrected chi connectivity index (χ1v) is 9.90. The van der Waals surface area contributed by atoms with E-state index < -0.39 is 0 Å². The molecule has 4 rings (SSSR count). The molecule has 2 heterocycles. The molecule has 0 aliphatic heterocycles. The van der Waals surface area contributed by atoms with Gasteiger partial charge in [-0.05, 0) is 50.2 Å². The second-order valence-corrected chi connectivity index (χ2v) is 8.04. The molecule has 4 aromatic rings. The minimum Gasteiger partial charge on any atom is -0.361 e. The maximum Gasteiger partial charge on any atom is 0.0992 e. The molecule has 6 heteroatoms. The standard InChI is InChI=1S/C12H11BrN2.C9H5BrN2/c1-8(2)15-4-3-10-11(13)5-9(7-14)6-12(10)15;10-8-3-6(5-11)4-9-7(8)1-2-12-9/h3-6,8H,1-2H3;1-4,12H. The molecule has 0 aliphatic rings. The van der Waals surface area contributed by atoms with Gasteiger partial charge in [-0.1, -0.05) is 31.9 Å². The van der Waals surface area contributed by atoms with Crippen LogP contribution in [0, 0.1) is 22.7 Å². The summed E-state index contributed by atoms with van der Waals surface area (Å²) >= 11 is 6.88. The average molecular weight is 484 g/mol. The van der Waals surface area contributed by atoms with Gasteiger partial charge in [0.15, 0.2) is 0 Å². The highest BCUT2D eigenvalue weighted by molar-refractivity contribution is 9.11. The number of rotatable bonds is 1. The fourth-order valence-corrected chi connectivity index (χ4v) is 4.09. The predicted octanol–water partition coefficient (Wildman–Crippen LogP) is 6.66. The Balaban J connectivity index is 0.000000159. The van der Waals surface area contributed by atoms with E-state index in [1.54, 1.807) is 0 Å². The van der Waals surface area contributed by atoms with Gasteiger partial charge in [0.05, 0.1) is 28.8 Å². The summed E-state index contributed by atoms with van der Waals surface area (Å²) in [5.41, 5.74) is 3.45. The number of benzene rings is 2. The Morgan fingerprint density at radius 2 is 1.56 bits per heavy atom. The summed E-state index contributed by atoms with van der Waals surface area (Å²) in [7, 11) is 0. The Labute approximate surface area is 174 Å². The van der Waals surface area contributed by atoms with Gasteiger partial charge in [-0.15, -0.1) is 0 Å². The van der Waals surface area contributed by atoms with Crippen molar-refractivity contribution in [1.29, 1.82) is 10.5 Å². The van der Waals surface area contributed by atoms with E-state index in [-0.39, 0.29) is 0 Å². The minimum absolute atomic E-state index is 0.406. The number of halogens is 2. The lowest BCUT2D eigenvalue weighted by molar-refractivity contribution is 0.623. The Kier molecular flexibility index (Phi) is 5.70. The van der Waals surface area contributed by atoms with Crippen molar-refractivity contribution in [2.24, 2.45) is 0 Å². The van der Waals surface area contributed by atoms with E-state index in [9.17, 15) is 0 Å². The Morgan fingerprint density at radius 1 is 0.926 bits per heavy atom. The third-order valence-corrected chi connectivity index (χ3v) is 5.53. The topological polar surface area (TPSA) is 68.3 Å². The molecular formula is C21H16Br2N4. The van der Waals surface area contributed by atoms with Crippen molar-refractivity contribution in [3.8, 4) is 12.1 Å². The fraction of sp³-hybridized carbons (Fsp3) is 0.143. The smallest absolute Gasteiger partial charge is 0.0992 e. The summed E-state index contributed by atoms with van der Waals surface area (Å²) in [5.74, 6) is 0. The molecule has 0 aliphatic carbocycles. The molecule has 2 aromatic carbocycles. The molecule has 0 atom stereocenters. The number of H-pyrrole nitrogens is 1. The molecule has 0 radical (unpaired) electrons. The monoisotopic (exact) mass is 482 g/mol. The van der Waals surface area contributed by atoms with Crippen LogP contribution in [0.2, 0.25) is 0 Å². The summed E-state index contributed by atoms with van der Waals surface area (Å²) < 4.78 is 4.11. The first-order valence-electron chi connectivity index (χ1n) is 8.31. The molecule has 0 unspecified atom stereocenters. The molecule has 0 spiro atoms. The summed E-state index contributed by atoms with van der Waals surface area (Å²) in [6, 6.07) is 16.2. The molecule has 134 valence electrons. The molecule has 4 nitrogen and oxygen atoms in total. The van der Waals surface area contributed by atoms with Crippen molar-refractivity contribution < 1.29 is 0 Å². The molecule has 0 amide bonds. The van der Waals surface area contributed by atoms with Crippen LogP contribution in [0.1, 0.15) is 31.0 Å². The van der Waals surface area contributed by atoms with Gasteiger partial charge in [-0.25, -0.2) is 0 Å². The number of aromatic nitrogens is 2. The van der Waals surface area contributed by atoms with Crippen LogP contribution < -0.4 is 0 Å². The Hall–Kier alpha value is -2.54. The largest absolute Gasteiger partial charge is 0.361 e. The van der Waals surface area contributed by atoms with Crippen molar-refractivity contribution in [3.63, 3.8) is 0 Å². The zero-order valence-electron chi connectivity index (χ0n) is 14.8. The van der Waals surface area contributed by atoms with Gasteiger partial charge in [0, 0.05) is 43.7 Å². The van der Waals surface area contributed by atoms with Crippen LogP contribution in [0.5, 0.6) is 0 Å². The molecule has 0 saturated carbocycles. The average Bonchev–Trinajstić information content (AvgIpc) is 3.29. The number of nitrogens with zero attached hydrogens (tertiary/aromatic N) is 3. The lowest BCUT2D eigenvalue weighted by Crippen LogP contribution is -1.98. The van der Waals surface area contributed by atoms with Gasteiger partial charge in [0.2, 0.25) is 0 Å². The number of aromatic amines is 1. The van der Waals surface area contributed by atoms with Crippen molar-refractivity contribution in [2.75, 3.05) is 0 Å². The Morgan fingerprint density at radius 3 is 2.19 bits per heavy atom. The van der Waals surface area contributed by atoms with Gasteiger partial charge in [0.1, 0.15) is 0 Å². The van der Waals surface area contributed by atoms with E-state index in [2.05, 4.69) is 79.7 Å². The number of nitriles is 2. The van der Waals surface area contributed by atoms with E-state index in [1.807, 2.05) is 36.5 Å². The highest BCUT2D eigenvalue weighted by Crippen LogP contribution is 2.28. The van der Waals surface area contributed by atoms with E-state index in [0.29, 0.717) is 17.2 Å². The van der Waals surface area contributed by atoms with Crippen molar-refractivity contribution in [2.45, 2.75) is 19.9 Å². The third kappa shape index (κ3) is 3.93. The summed E-state index contributed by atoms with van der Waals surface area (Å²) in [4.78, 5) is 3.05. The van der Waals surface area contributed by atoms with Gasteiger partial charge in [-0.3, -0.25) is 0 Å². The predicted molar refractivity (Wildman–Crippen MR) is 115 cm³/mol. The van der Waals surface area contributed by atoms with Gasteiger partial charge >= 0.3 is 0 Å². The maximum absolute atomic E-state index is 8.91. The molecule has 27 heavy (non-hydrogen) atoms. The summed E-state index contributed by atoms with van der Waals surface area (Å²) in [6.45, 7) is 4.26. The lowest BCUT2D eigenvalue weighted by Gasteiger charge is -2.09. The second-order valence-electron chi connectivity index (χ2n) is 6.33. The number of hydrogen-bond donors (Lipinski definition) is 1. The highest BCUT2D eigenvalue weighted by Gasteiger charge is 2.08. The molecule has 0 fully saturated rings. The van der Waals surface area contributed by atoms with Crippen LogP contribution in [0.25, 0.3) is 21.8 Å². The van der Waals surface area contributed by atoms with Crippen LogP contribution in [-0.4, -0.2) is 9.55 Å². The molecular weight excluding hydrogens is 468 g/mol. The number of hydrogen-bond acceptors (Lipinski definition) is 2. The van der Waals surface area contributed by atoms with Crippen LogP contribution in [0.4, 0.5) is 0 Å². The number of fused-ring (bicyclic) bond motifs is 2. The molecule has 0 saturated heterocycles. The Bertz CT molecular complexity index is 1200. The zero-order valence-corrected chi connectivity index (χ0v) is 18.0. The highest BCUT2D eigenvalue weighted by atomic mass is 79.9. The van der Waals surface area contributed by atoms with Gasteiger partial charge < -0.3 is 9.55 Å².